The molecule has 1 aromatic carbocycles. The maximum absolute atomic E-state index is 14.0. The Labute approximate surface area is 118 Å². The maximum Gasteiger partial charge on any atom is 0.419 e. The Morgan fingerprint density at radius 1 is 1.19 bits per heavy atom. The monoisotopic (exact) mass is 299 g/mol. The van der Waals surface area contributed by atoms with Gasteiger partial charge in [0.1, 0.15) is 5.82 Å². The molecule has 2 aromatic rings. The summed E-state index contributed by atoms with van der Waals surface area (Å²) in [4.78, 5) is 3.86. The molecule has 0 aliphatic rings. The normalized spacial score (nSPS) is 13.2. The van der Waals surface area contributed by atoms with Gasteiger partial charge in [-0.1, -0.05) is 12.1 Å². The first-order valence-corrected chi connectivity index (χ1v) is 6.10. The first-order valence-electron chi connectivity index (χ1n) is 6.10. The highest BCUT2D eigenvalue weighted by Crippen LogP contribution is 2.34. The van der Waals surface area contributed by atoms with Gasteiger partial charge in [-0.15, -0.1) is 0 Å². The van der Waals surface area contributed by atoms with Crippen molar-refractivity contribution in [2.75, 3.05) is 5.73 Å². The third-order valence-corrected chi connectivity index (χ3v) is 3.11. The maximum atomic E-state index is 14.0. The summed E-state index contributed by atoms with van der Waals surface area (Å²) in [5, 5.41) is 0. The molecule has 0 saturated heterocycles. The molecular formula is C14H13F4N3. The van der Waals surface area contributed by atoms with Gasteiger partial charge in [-0.3, -0.25) is 4.98 Å². The highest BCUT2D eigenvalue weighted by molar-refractivity contribution is 5.45. The number of rotatable bonds is 3. The summed E-state index contributed by atoms with van der Waals surface area (Å²) in [6, 6.07) is 3.66. The Balaban J connectivity index is 2.32. The molecule has 1 unspecified atom stereocenters. The fourth-order valence-corrected chi connectivity index (χ4v) is 2.01. The first-order chi connectivity index (χ1) is 9.80. The van der Waals surface area contributed by atoms with Crippen LogP contribution in [-0.2, 0) is 12.6 Å². The van der Waals surface area contributed by atoms with Gasteiger partial charge in [0.05, 0.1) is 5.56 Å². The van der Waals surface area contributed by atoms with Gasteiger partial charge < -0.3 is 11.5 Å². The van der Waals surface area contributed by atoms with Crippen LogP contribution in [0.2, 0.25) is 0 Å². The van der Waals surface area contributed by atoms with E-state index in [4.69, 9.17) is 11.5 Å². The van der Waals surface area contributed by atoms with Crippen LogP contribution in [0.4, 0.5) is 23.2 Å². The SMILES string of the molecule is Nc1ccncc1CC(N)c1cccc(C(F)(F)F)c1F. The zero-order valence-electron chi connectivity index (χ0n) is 10.9. The van der Waals surface area contributed by atoms with Crippen molar-refractivity contribution in [3.8, 4) is 0 Å². The molecule has 0 radical (unpaired) electrons. The molecule has 0 spiro atoms. The summed E-state index contributed by atoms with van der Waals surface area (Å²) in [5.41, 5.74) is 11.0. The smallest absolute Gasteiger partial charge is 0.398 e. The lowest BCUT2D eigenvalue weighted by Crippen LogP contribution is -2.18. The van der Waals surface area contributed by atoms with Gasteiger partial charge >= 0.3 is 6.18 Å². The molecule has 112 valence electrons. The second kappa shape index (κ2) is 5.69. The van der Waals surface area contributed by atoms with Crippen LogP contribution >= 0.6 is 0 Å². The van der Waals surface area contributed by atoms with Crippen LogP contribution in [0.3, 0.4) is 0 Å². The molecule has 3 nitrogen and oxygen atoms in total. The number of hydrogen-bond donors (Lipinski definition) is 2. The number of nitrogens with zero attached hydrogens (tertiary/aromatic N) is 1. The summed E-state index contributed by atoms with van der Waals surface area (Å²) >= 11 is 0. The molecule has 0 fully saturated rings. The van der Waals surface area contributed by atoms with Gasteiger partial charge in [0.2, 0.25) is 0 Å². The number of aromatic nitrogens is 1. The summed E-state index contributed by atoms with van der Waals surface area (Å²) < 4.78 is 52.0. The predicted molar refractivity (Wildman–Crippen MR) is 70.7 cm³/mol. The number of alkyl halides is 3. The van der Waals surface area contributed by atoms with E-state index >= 15 is 0 Å². The molecule has 2 rings (SSSR count). The van der Waals surface area contributed by atoms with Gasteiger partial charge in [0.25, 0.3) is 0 Å². The highest BCUT2D eigenvalue weighted by atomic mass is 19.4. The predicted octanol–water partition coefficient (Wildman–Crippen LogP) is 3.06. The topological polar surface area (TPSA) is 64.9 Å². The number of pyridine rings is 1. The van der Waals surface area contributed by atoms with Gasteiger partial charge in [0, 0.05) is 29.7 Å². The molecule has 1 atom stereocenters. The Kier molecular flexibility index (Phi) is 4.13. The van der Waals surface area contributed by atoms with E-state index in [0.29, 0.717) is 17.3 Å². The van der Waals surface area contributed by atoms with E-state index in [9.17, 15) is 17.6 Å². The van der Waals surface area contributed by atoms with Crippen LogP contribution in [0.1, 0.15) is 22.7 Å². The lowest BCUT2D eigenvalue weighted by molar-refractivity contribution is -0.140. The van der Waals surface area contributed by atoms with E-state index in [1.807, 2.05) is 0 Å². The minimum Gasteiger partial charge on any atom is -0.398 e. The fourth-order valence-electron chi connectivity index (χ4n) is 2.01. The Bertz CT molecular complexity index is 640. The number of benzene rings is 1. The van der Waals surface area contributed by atoms with Gasteiger partial charge in [-0.25, -0.2) is 4.39 Å². The summed E-state index contributed by atoms with van der Waals surface area (Å²) in [6.07, 6.45) is -1.72. The van der Waals surface area contributed by atoms with E-state index < -0.39 is 23.6 Å². The van der Waals surface area contributed by atoms with Crippen molar-refractivity contribution in [3.63, 3.8) is 0 Å². The number of halogens is 4. The summed E-state index contributed by atoms with van der Waals surface area (Å²) in [7, 11) is 0. The number of anilines is 1. The van der Waals surface area contributed by atoms with Crippen molar-refractivity contribution < 1.29 is 17.6 Å². The Hall–Kier alpha value is -2.15. The Morgan fingerprint density at radius 3 is 2.52 bits per heavy atom. The molecule has 0 aliphatic heterocycles. The van der Waals surface area contributed by atoms with Crippen LogP contribution in [0.15, 0.2) is 36.7 Å². The van der Waals surface area contributed by atoms with E-state index in [1.54, 1.807) is 6.07 Å². The van der Waals surface area contributed by atoms with Crippen LogP contribution in [0, 0.1) is 5.82 Å². The van der Waals surface area contributed by atoms with Gasteiger partial charge in [-0.05, 0) is 24.1 Å². The standard InChI is InChI=1S/C14H13F4N3/c15-13-9(2-1-3-10(13)14(16,17)18)12(20)6-8-7-21-5-4-11(8)19/h1-5,7,12H,6,20H2,(H2,19,21). The lowest BCUT2D eigenvalue weighted by Gasteiger charge is -2.17. The lowest BCUT2D eigenvalue weighted by atomic mass is 9.97. The van der Waals surface area contributed by atoms with Crippen LogP contribution in [-0.4, -0.2) is 4.98 Å². The largest absolute Gasteiger partial charge is 0.419 e. The average Bonchev–Trinajstić information content (AvgIpc) is 2.40. The fraction of sp³-hybridized carbons (Fsp3) is 0.214. The van der Waals surface area contributed by atoms with E-state index in [2.05, 4.69) is 4.98 Å². The molecule has 1 heterocycles. The zero-order chi connectivity index (χ0) is 15.6. The third kappa shape index (κ3) is 3.30. The van der Waals surface area contributed by atoms with Crippen LogP contribution in [0.5, 0.6) is 0 Å². The van der Waals surface area contributed by atoms with Crippen LogP contribution in [0.25, 0.3) is 0 Å². The third-order valence-electron chi connectivity index (χ3n) is 3.11. The molecule has 0 amide bonds. The quantitative estimate of drug-likeness (QED) is 0.856. The molecule has 0 aliphatic carbocycles. The molecule has 1 aromatic heterocycles. The van der Waals surface area contributed by atoms with E-state index in [0.717, 1.165) is 6.07 Å². The van der Waals surface area contributed by atoms with Gasteiger partial charge in [-0.2, -0.15) is 13.2 Å². The molecule has 21 heavy (non-hydrogen) atoms. The number of nitrogens with two attached hydrogens (primary N) is 2. The molecular weight excluding hydrogens is 286 g/mol. The molecule has 0 saturated carbocycles. The first kappa shape index (κ1) is 15.2. The number of hydrogen-bond acceptors (Lipinski definition) is 3. The Morgan fingerprint density at radius 2 is 1.90 bits per heavy atom. The number of nitrogen functional groups attached to an aromatic ring is 1. The molecule has 7 heteroatoms. The average molecular weight is 299 g/mol. The van der Waals surface area contributed by atoms with Crippen molar-refractivity contribution in [2.45, 2.75) is 18.6 Å². The van der Waals surface area contributed by atoms with Crippen molar-refractivity contribution in [1.82, 2.24) is 4.98 Å². The van der Waals surface area contributed by atoms with E-state index in [1.165, 1.54) is 18.5 Å². The van der Waals surface area contributed by atoms with Crippen molar-refractivity contribution in [1.29, 1.82) is 0 Å². The van der Waals surface area contributed by atoms with Crippen molar-refractivity contribution in [2.24, 2.45) is 5.73 Å². The second-order valence-electron chi connectivity index (χ2n) is 4.59. The van der Waals surface area contributed by atoms with E-state index in [-0.39, 0.29) is 12.0 Å². The second-order valence-corrected chi connectivity index (χ2v) is 4.59. The van der Waals surface area contributed by atoms with Crippen molar-refractivity contribution in [3.05, 3.63) is 59.2 Å². The molecule has 0 bridgehead atoms. The highest BCUT2D eigenvalue weighted by Gasteiger charge is 2.35. The minimum atomic E-state index is -4.76. The van der Waals surface area contributed by atoms with Crippen molar-refractivity contribution >= 4 is 5.69 Å². The molecule has 4 N–H and O–H groups in total. The minimum absolute atomic E-state index is 0.0951. The van der Waals surface area contributed by atoms with Gasteiger partial charge in [0.15, 0.2) is 0 Å². The summed E-state index contributed by atoms with van der Waals surface area (Å²) in [6.45, 7) is 0. The zero-order valence-corrected chi connectivity index (χ0v) is 10.9. The summed E-state index contributed by atoms with van der Waals surface area (Å²) in [5.74, 6) is -1.35. The van der Waals surface area contributed by atoms with Crippen LogP contribution < -0.4 is 11.5 Å².